The Morgan fingerprint density at radius 3 is 2.70 bits per heavy atom. The molecule has 3 rings (SSSR count). The summed E-state index contributed by atoms with van der Waals surface area (Å²) in [7, 11) is 0. The minimum Gasteiger partial charge on any atom is -0.388 e. The van der Waals surface area contributed by atoms with Crippen LogP contribution in [0.15, 0.2) is 36.4 Å². The molecule has 0 spiro atoms. The van der Waals surface area contributed by atoms with Crippen LogP contribution in [-0.4, -0.2) is 5.11 Å². The second-order valence-electron chi connectivity index (χ2n) is 5.74. The number of halogens is 1. The molecule has 2 aromatic carbocycles. The Morgan fingerprint density at radius 1 is 1.10 bits per heavy atom. The number of benzene rings is 2. The Bertz CT molecular complexity index is 613. The van der Waals surface area contributed by atoms with E-state index in [0.29, 0.717) is 12.0 Å². The van der Waals surface area contributed by atoms with Crippen LogP contribution in [0.3, 0.4) is 0 Å². The number of hydrogen-bond donors (Lipinski definition) is 1. The molecule has 1 aliphatic rings. The first-order valence-corrected chi connectivity index (χ1v) is 7.17. The molecule has 1 aliphatic carbocycles. The number of aryl methyl sites for hydroxylation is 3. The summed E-state index contributed by atoms with van der Waals surface area (Å²) in [6.45, 7) is 1.84. The SMILES string of the molecule is Cc1cc(F)cc(C(O)Cc2ccc3c(c2)CCC3)c1. The number of aliphatic hydroxyl groups is 1. The third-order valence-electron chi connectivity index (χ3n) is 4.04. The molecule has 0 saturated carbocycles. The Morgan fingerprint density at radius 2 is 1.90 bits per heavy atom. The standard InChI is InChI=1S/C18H19FO/c1-12-7-16(11-17(19)8-12)18(20)10-13-5-6-14-3-2-4-15(14)9-13/h5-9,11,18,20H,2-4,10H2,1H3. The highest BCUT2D eigenvalue weighted by atomic mass is 19.1. The van der Waals surface area contributed by atoms with Crippen molar-refractivity contribution in [2.75, 3.05) is 0 Å². The van der Waals surface area contributed by atoms with E-state index in [1.165, 1.54) is 36.1 Å². The van der Waals surface area contributed by atoms with Gasteiger partial charge in [-0.1, -0.05) is 24.3 Å². The minimum atomic E-state index is -0.649. The van der Waals surface area contributed by atoms with E-state index in [0.717, 1.165) is 17.5 Å². The molecule has 1 N–H and O–H groups in total. The lowest BCUT2D eigenvalue weighted by Gasteiger charge is -2.13. The van der Waals surface area contributed by atoms with E-state index in [2.05, 4.69) is 18.2 Å². The van der Waals surface area contributed by atoms with E-state index in [4.69, 9.17) is 0 Å². The van der Waals surface area contributed by atoms with Crippen molar-refractivity contribution in [2.45, 2.75) is 38.7 Å². The Labute approximate surface area is 119 Å². The average molecular weight is 270 g/mol. The number of rotatable bonds is 3. The third-order valence-corrected chi connectivity index (χ3v) is 4.04. The Balaban J connectivity index is 1.80. The van der Waals surface area contributed by atoms with Gasteiger partial charge in [-0.15, -0.1) is 0 Å². The molecule has 0 radical (unpaired) electrons. The highest BCUT2D eigenvalue weighted by Gasteiger charge is 2.14. The van der Waals surface area contributed by atoms with Crippen molar-refractivity contribution in [3.05, 3.63) is 70.0 Å². The van der Waals surface area contributed by atoms with Crippen molar-refractivity contribution < 1.29 is 9.50 Å². The smallest absolute Gasteiger partial charge is 0.123 e. The van der Waals surface area contributed by atoms with Crippen LogP contribution in [-0.2, 0) is 19.3 Å². The molecular weight excluding hydrogens is 251 g/mol. The van der Waals surface area contributed by atoms with Gasteiger partial charge in [0.1, 0.15) is 5.82 Å². The second-order valence-corrected chi connectivity index (χ2v) is 5.74. The fourth-order valence-electron chi connectivity index (χ4n) is 3.05. The van der Waals surface area contributed by atoms with E-state index in [1.54, 1.807) is 0 Å². The van der Waals surface area contributed by atoms with Crippen molar-refractivity contribution in [3.63, 3.8) is 0 Å². The molecule has 0 aliphatic heterocycles. The van der Waals surface area contributed by atoms with Crippen LogP contribution in [0.5, 0.6) is 0 Å². The van der Waals surface area contributed by atoms with Crippen LogP contribution in [0.25, 0.3) is 0 Å². The van der Waals surface area contributed by atoms with E-state index < -0.39 is 6.10 Å². The molecule has 104 valence electrons. The third kappa shape index (κ3) is 2.75. The first kappa shape index (κ1) is 13.3. The van der Waals surface area contributed by atoms with Crippen molar-refractivity contribution in [1.82, 2.24) is 0 Å². The molecule has 0 saturated heterocycles. The zero-order valence-electron chi connectivity index (χ0n) is 11.7. The van der Waals surface area contributed by atoms with Gasteiger partial charge in [0.25, 0.3) is 0 Å². The van der Waals surface area contributed by atoms with E-state index in [1.807, 2.05) is 13.0 Å². The lowest BCUT2D eigenvalue weighted by atomic mass is 9.97. The Kier molecular flexibility index (Phi) is 3.58. The summed E-state index contributed by atoms with van der Waals surface area (Å²) in [4.78, 5) is 0. The van der Waals surface area contributed by atoms with Crippen LogP contribution >= 0.6 is 0 Å². The van der Waals surface area contributed by atoms with E-state index in [9.17, 15) is 9.50 Å². The molecular formula is C18H19FO. The molecule has 0 amide bonds. The zero-order chi connectivity index (χ0) is 14.1. The summed E-state index contributed by atoms with van der Waals surface area (Å²) in [5.41, 5.74) is 5.46. The van der Waals surface area contributed by atoms with E-state index in [-0.39, 0.29) is 5.82 Å². The van der Waals surface area contributed by atoms with Crippen LogP contribution in [0, 0.1) is 12.7 Å². The van der Waals surface area contributed by atoms with Gasteiger partial charge in [0.15, 0.2) is 0 Å². The second kappa shape index (κ2) is 5.37. The van der Waals surface area contributed by atoms with Gasteiger partial charge in [-0.3, -0.25) is 0 Å². The van der Waals surface area contributed by atoms with Crippen molar-refractivity contribution in [3.8, 4) is 0 Å². The summed E-state index contributed by atoms with van der Waals surface area (Å²) >= 11 is 0. The van der Waals surface area contributed by atoms with Gasteiger partial charge in [0, 0.05) is 6.42 Å². The van der Waals surface area contributed by atoms with Gasteiger partial charge in [0.05, 0.1) is 6.10 Å². The highest BCUT2D eigenvalue weighted by Crippen LogP contribution is 2.26. The molecule has 0 aromatic heterocycles. The molecule has 20 heavy (non-hydrogen) atoms. The van der Waals surface area contributed by atoms with Gasteiger partial charge >= 0.3 is 0 Å². The van der Waals surface area contributed by atoms with Gasteiger partial charge < -0.3 is 5.11 Å². The largest absolute Gasteiger partial charge is 0.388 e. The average Bonchev–Trinajstić information content (AvgIpc) is 2.85. The van der Waals surface area contributed by atoms with Gasteiger partial charge in [0.2, 0.25) is 0 Å². The summed E-state index contributed by atoms with van der Waals surface area (Å²) < 4.78 is 13.4. The monoisotopic (exact) mass is 270 g/mol. The summed E-state index contributed by atoms with van der Waals surface area (Å²) in [6.07, 6.45) is 3.42. The lowest BCUT2D eigenvalue weighted by Crippen LogP contribution is -2.03. The topological polar surface area (TPSA) is 20.2 Å². The van der Waals surface area contributed by atoms with E-state index >= 15 is 0 Å². The zero-order valence-corrected chi connectivity index (χ0v) is 11.7. The van der Waals surface area contributed by atoms with Crippen LogP contribution in [0.1, 0.15) is 40.3 Å². The van der Waals surface area contributed by atoms with Crippen molar-refractivity contribution in [2.24, 2.45) is 0 Å². The molecule has 2 heteroatoms. The molecule has 1 nitrogen and oxygen atoms in total. The number of hydrogen-bond acceptors (Lipinski definition) is 1. The predicted molar refractivity (Wildman–Crippen MR) is 78.3 cm³/mol. The van der Waals surface area contributed by atoms with Crippen LogP contribution < -0.4 is 0 Å². The molecule has 1 atom stereocenters. The van der Waals surface area contributed by atoms with Gasteiger partial charge in [-0.2, -0.15) is 0 Å². The van der Waals surface area contributed by atoms with Crippen molar-refractivity contribution in [1.29, 1.82) is 0 Å². The highest BCUT2D eigenvalue weighted by molar-refractivity contribution is 5.36. The predicted octanol–water partition coefficient (Wildman–Crippen LogP) is 3.90. The minimum absolute atomic E-state index is 0.284. The first-order valence-electron chi connectivity index (χ1n) is 7.17. The number of fused-ring (bicyclic) bond motifs is 1. The molecule has 0 fully saturated rings. The molecule has 2 aromatic rings. The normalized spacial score (nSPS) is 15.2. The quantitative estimate of drug-likeness (QED) is 0.897. The van der Waals surface area contributed by atoms with Crippen molar-refractivity contribution >= 4 is 0 Å². The maximum absolute atomic E-state index is 13.4. The fourth-order valence-corrected chi connectivity index (χ4v) is 3.05. The summed E-state index contributed by atoms with van der Waals surface area (Å²) in [5, 5.41) is 10.3. The molecule has 0 bridgehead atoms. The summed E-state index contributed by atoms with van der Waals surface area (Å²) in [5.74, 6) is -0.284. The lowest BCUT2D eigenvalue weighted by molar-refractivity contribution is 0.178. The summed E-state index contributed by atoms with van der Waals surface area (Å²) in [6, 6.07) is 11.2. The molecule has 0 heterocycles. The van der Waals surface area contributed by atoms with Crippen LogP contribution in [0.4, 0.5) is 4.39 Å². The maximum Gasteiger partial charge on any atom is 0.123 e. The fraction of sp³-hybridized carbons (Fsp3) is 0.333. The molecule has 1 unspecified atom stereocenters. The maximum atomic E-state index is 13.4. The Hall–Kier alpha value is -1.67. The van der Waals surface area contributed by atoms with Gasteiger partial charge in [-0.25, -0.2) is 4.39 Å². The first-order chi connectivity index (χ1) is 9.61. The van der Waals surface area contributed by atoms with Gasteiger partial charge in [-0.05, 0) is 66.1 Å². The van der Waals surface area contributed by atoms with Crippen LogP contribution in [0.2, 0.25) is 0 Å². The number of aliphatic hydroxyl groups excluding tert-OH is 1.